The van der Waals surface area contributed by atoms with Crippen LogP contribution in [0.3, 0.4) is 0 Å². The van der Waals surface area contributed by atoms with Crippen LogP contribution in [-0.2, 0) is 9.53 Å². The predicted octanol–water partition coefficient (Wildman–Crippen LogP) is 0.655. The Labute approximate surface area is 91.5 Å². The fourth-order valence-corrected chi connectivity index (χ4v) is 1.93. The van der Waals surface area contributed by atoms with Gasteiger partial charge in [0.15, 0.2) is 0 Å². The number of nitrogens with one attached hydrogen (secondary N) is 1. The molecular weight excluding hydrogens is 192 g/mol. The lowest BCUT2D eigenvalue weighted by atomic mass is 10.0. The van der Waals surface area contributed by atoms with Crippen molar-refractivity contribution in [2.75, 3.05) is 13.2 Å². The number of rotatable bonds is 5. The van der Waals surface area contributed by atoms with Crippen molar-refractivity contribution in [3.63, 3.8) is 0 Å². The summed E-state index contributed by atoms with van der Waals surface area (Å²) in [6.07, 6.45) is 2.90. The number of hydrogen-bond donors (Lipinski definition) is 2. The van der Waals surface area contributed by atoms with Crippen molar-refractivity contribution in [2.24, 2.45) is 11.7 Å². The summed E-state index contributed by atoms with van der Waals surface area (Å²) < 4.78 is 5.39. The Balaban J connectivity index is 2.38. The molecule has 1 fully saturated rings. The van der Waals surface area contributed by atoms with E-state index in [0.717, 1.165) is 25.9 Å². The van der Waals surface area contributed by atoms with Crippen molar-refractivity contribution >= 4 is 5.91 Å². The monoisotopic (exact) mass is 214 g/mol. The van der Waals surface area contributed by atoms with E-state index in [-0.39, 0.29) is 24.0 Å². The average molecular weight is 214 g/mol. The summed E-state index contributed by atoms with van der Waals surface area (Å²) in [6.45, 7) is 5.24. The van der Waals surface area contributed by atoms with Gasteiger partial charge in [-0.3, -0.25) is 4.79 Å². The van der Waals surface area contributed by atoms with Crippen LogP contribution in [0.2, 0.25) is 0 Å². The van der Waals surface area contributed by atoms with Crippen LogP contribution in [0.1, 0.15) is 33.1 Å². The quantitative estimate of drug-likeness (QED) is 0.706. The number of hydrogen-bond acceptors (Lipinski definition) is 3. The van der Waals surface area contributed by atoms with Gasteiger partial charge in [0.1, 0.15) is 0 Å². The normalized spacial score (nSPS) is 27.7. The molecule has 1 amide bonds. The summed E-state index contributed by atoms with van der Waals surface area (Å²) in [5.74, 6) is 0.0458. The fourth-order valence-electron chi connectivity index (χ4n) is 1.93. The molecule has 0 aromatic heterocycles. The van der Waals surface area contributed by atoms with Gasteiger partial charge in [-0.15, -0.1) is 0 Å². The van der Waals surface area contributed by atoms with Gasteiger partial charge >= 0.3 is 0 Å². The first-order valence-corrected chi connectivity index (χ1v) is 5.81. The van der Waals surface area contributed by atoms with E-state index in [2.05, 4.69) is 12.2 Å². The van der Waals surface area contributed by atoms with Crippen LogP contribution in [0.25, 0.3) is 0 Å². The SMILES string of the molecule is CCCC(CN)C(=O)NC1CCOC1C. The summed E-state index contributed by atoms with van der Waals surface area (Å²) in [4.78, 5) is 11.8. The maximum Gasteiger partial charge on any atom is 0.224 e. The highest BCUT2D eigenvalue weighted by Gasteiger charge is 2.27. The Morgan fingerprint density at radius 1 is 1.67 bits per heavy atom. The summed E-state index contributed by atoms with van der Waals surface area (Å²) in [7, 11) is 0. The van der Waals surface area contributed by atoms with E-state index in [1.54, 1.807) is 0 Å². The fraction of sp³-hybridized carbons (Fsp3) is 0.909. The summed E-state index contributed by atoms with van der Waals surface area (Å²) in [5.41, 5.74) is 5.58. The Morgan fingerprint density at radius 3 is 2.87 bits per heavy atom. The molecular formula is C11H22N2O2. The molecule has 1 aliphatic rings. The van der Waals surface area contributed by atoms with Crippen molar-refractivity contribution in [3.05, 3.63) is 0 Å². The molecule has 0 aliphatic carbocycles. The van der Waals surface area contributed by atoms with Crippen LogP contribution in [-0.4, -0.2) is 31.2 Å². The summed E-state index contributed by atoms with van der Waals surface area (Å²) in [6, 6.07) is 0.170. The molecule has 1 rings (SSSR count). The highest BCUT2D eigenvalue weighted by molar-refractivity contribution is 5.79. The second-order valence-corrected chi connectivity index (χ2v) is 4.20. The first-order valence-electron chi connectivity index (χ1n) is 5.81. The number of carbonyl (C=O) groups excluding carboxylic acids is 1. The van der Waals surface area contributed by atoms with E-state index in [9.17, 15) is 4.79 Å². The number of nitrogens with two attached hydrogens (primary N) is 1. The first-order chi connectivity index (χ1) is 7.19. The Hall–Kier alpha value is -0.610. The molecule has 1 heterocycles. The highest BCUT2D eigenvalue weighted by atomic mass is 16.5. The molecule has 3 unspecified atom stereocenters. The molecule has 1 saturated heterocycles. The van der Waals surface area contributed by atoms with Crippen LogP contribution in [0.4, 0.5) is 0 Å². The van der Waals surface area contributed by atoms with E-state index >= 15 is 0 Å². The zero-order chi connectivity index (χ0) is 11.3. The third-order valence-electron chi connectivity index (χ3n) is 3.00. The molecule has 0 radical (unpaired) electrons. The largest absolute Gasteiger partial charge is 0.376 e. The Morgan fingerprint density at radius 2 is 2.40 bits per heavy atom. The zero-order valence-corrected chi connectivity index (χ0v) is 9.66. The first kappa shape index (κ1) is 12.5. The van der Waals surface area contributed by atoms with Gasteiger partial charge in [0.05, 0.1) is 18.1 Å². The van der Waals surface area contributed by atoms with Gasteiger partial charge in [-0.05, 0) is 19.8 Å². The molecule has 88 valence electrons. The molecule has 0 spiro atoms. The molecule has 0 bridgehead atoms. The Bertz CT molecular complexity index is 209. The molecule has 4 nitrogen and oxygen atoms in total. The van der Waals surface area contributed by atoms with Crippen molar-refractivity contribution in [3.8, 4) is 0 Å². The van der Waals surface area contributed by atoms with Crippen molar-refractivity contribution < 1.29 is 9.53 Å². The molecule has 4 heteroatoms. The lowest BCUT2D eigenvalue weighted by molar-refractivity contribution is -0.126. The Kier molecular flexibility index (Phi) is 5.05. The molecule has 0 aromatic carbocycles. The van der Waals surface area contributed by atoms with Gasteiger partial charge in [0.2, 0.25) is 5.91 Å². The van der Waals surface area contributed by atoms with Gasteiger partial charge in [-0.2, -0.15) is 0 Å². The average Bonchev–Trinajstić information content (AvgIpc) is 2.60. The van der Waals surface area contributed by atoms with Crippen LogP contribution < -0.4 is 11.1 Å². The predicted molar refractivity (Wildman–Crippen MR) is 59.4 cm³/mol. The number of ether oxygens (including phenoxy) is 1. The van der Waals surface area contributed by atoms with Gasteiger partial charge in [-0.25, -0.2) is 0 Å². The zero-order valence-electron chi connectivity index (χ0n) is 9.66. The lowest BCUT2D eigenvalue weighted by Crippen LogP contribution is -2.44. The van der Waals surface area contributed by atoms with E-state index in [4.69, 9.17) is 10.5 Å². The lowest BCUT2D eigenvalue weighted by Gasteiger charge is -2.20. The maximum absolute atomic E-state index is 11.8. The second-order valence-electron chi connectivity index (χ2n) is 4.20. The van der Waals surface area contributed by atoms with E-state index in [1.165, 1.54) is 0 Å². The van der Waals surface area contributed by atoms with Gasteiger partial charge in [0.25, 0.3) is 0 Å². The minimum Gasteiger partial charge on any atom is -0.376 e. The third kappa shape index (κ3) is 3.47. The molecule has 3 N–H and O–H groups in total. The van der Waals surface area contributed by atoms with Crippen molar-refractivity contribution in [1.82, 2.24) is 5.32 Å². The smallest absolute Gasteiger partial charge is 0.224 e. The molecule has 1 aliphatic heterocycles. The topological polar surface area (TPSA) is 64.4 Å². The molecule has 0 saturated carbocycles. The highest BCUT2D eigenvalue weighted by Crippen LogP contribution is 2.14. The second kappa shape index (κ2) is 6.08. The molecule has 15 heavy (non-hydrogen) atoms. The minimum atomic E-state index is -0.0391. The van der Waals surface area contributed by atoms with Gasteiger partial charge in [-0.1, -0.05) is 13.3 Å². The molecule has 0 aromatic rings. The maximum atomic E-state index is 11.8. The third-order valence-corrected chi connectivity index (χ3v) is 3.00. The van der Waals surface area contributed by atoms with Crippen LogP contribution >= 0.6 is 0 Å². The molecule has 3 atom stereocenters. The van der Waals surface area contributed by atoms with Crippen LogP contribution in [0.5, 0.6) is 0 Å². The standard InChI is InChI=1S/C11H22N2O2/c1-3-4-9(7-12)11(14)13-10-5-6-15-8(10)2/h8-10H,3-7,12H2,1-2H3,(H,13,14). The van der Waals surface area contributed by atoms with Gasteiger partial charge in [0, 0.05) is 13.2 Å². The van der Waals surface area contributed by atoms with Crippen molar-refractivity contribution in [2.45, 2.75) is 45.3 Å². The van der Waals surface area contributed by atoms with E-state index in [0.29, 0.717) is 6.54 Å². The van der Waals surface area contributed by atoms with E-state index < -0.39 is 0 Å². The number of amides is 1. The van der Waals surface area contributed by atoms with Crippen molar-refractivity contribution in [1.29, 1.82) is 0 Å². The minimum absolute atomic E-state index is 0.0391. The van der Waals surface area contributed by atoms with Crippen LogP contribution in [0.15, 0.2) is 0 Å². The summed E-state index contributed by atoms with van der Waals surface area (Å²) >= 11 is 0. The number of carbonyl (C=O) groups is 1. The van der Waals surface area contributed by atoms with Gasteiger partial charge < -0.3 is 15.8 Å². The summed E-state index contributed by atoms with van der Waals surface area (Å²) in [5, 5.41) is 3.02. The van der Waals surface area contributed by atoms with Crippen LogP contribution in [0, 0.1) is 5.92 Å². The van der Waals surface area contributed by atoms with E-state index in [1.807, 2.05) is 6.92 Å².